The molecule has 0 saturated heterocycles. The lowest BCUT2D eigenvalue weighted by atomic mass is 10.1. The Kier molecular flexibility index (Phi) is 3.39. The molecule has 0 bridgehead atoms. The van der Waals surface area contributed by atoms with Crippen LogP contribution in [0, 0.1) is 6.92 Å². The molecule has 0 aliphatic rings. The normalized spacial score (nSPS) is 10.8. The molecule has 0 unspecified atom stereocenters. The summed E-state index contributed by atoms with van der Waals surface area (Å²) in [6.45, 7) is 2.41. The van der Waals surface area contributed by atoms with Gasteiger partial charge in [-0.25, -0.2) is 0 Å². The van der Waals surface area contributed by atoms with Crippen molar-refractivity contribution in [2.24, 2.45) is 0 Å². The van der Waals surface area contributed by atoms with Crippen LogP contribution in [0.4, 0.5) is 0 Å². The molecule has 3 rings (SSSR count). The molecule has 2 aromatic heterocycles. The van der Waals surface area contributed by atoms with Crippen molar-refractivity contribution in [1.82, 2.24) is 15.1 Å². The first-order valence-corrected chi connectivity index (χ1v) is 6.65. The number of amides is 1. The van der Waals surface area contributed by atoms with E-state index in [-0.39, 0.29) is 5.91 Å². The second kappa shape index (κ2) is 5.36. The Balaban J connectivity index is 1.86. The first-order chi connectivity index (χ1) is 10.1. The second-order valence-corrected chi connectivity index (χ2v) is 5.03. The third kappa shape index (κ3) is 2.76. The van der Waals surface area contributed by atoms with Gasteiger partial charge in [-0.3, -0.25) is 4.79 Å². The number of furan rings is 1. The molecule has 0 aliphatic carbocycles. The van der Waals surface area contributed by atoms with Crippen LogP contribution in [-0.4, -0.2) is 28.1 Å². The Bertz CT molecular complexity index is 781. The van der Waals surface area contributed by atoms with Crippen molar-refractivity contribution in [3.05, 3.63) is 59.7 Å². The van der Waals surface area contributed by atoms with Crippen molar-refractivity contribution in [3.8, 4) is 0 Å². The summed E-state index contributed by atoms with van der Waals surface area (Å²) in [5.74, 6) is 0.553. The van der Waals surface area contributed by atoms with Crippen LogP contribution in [0.5, 0.6) is 0 Å². The Labute approximate surface area is 122 Å². The summed E-state index contributed by atoms with van der Waals surface area (Å²) < 4.78 is 5.25. The van der Waals surface area contributed by atoms with Gasteiger partial charge in [0.2, 0.25) is 0 Å². The number of hydrogen-bond acceptors (Lipinski definition) is 4. The average Bonchev–Trinajstić information content (AvgIpc) is 2.98. The van der Waals surface area contributed by atoms with Crippen molar-refractivity contribution in [3.63, 3.8) is 0 Å². The Morgan fingerprint density at radius 2 is 2.10 bits per heavy atom. The molecule has 5 heteroatoms. The van der Waals surface area contributed by atoms with Crippen molar-refractivity contribution in [1.29, 1.82) is 0 Å². The van der Waals surface area contributed by atoms with Gasteiger partial charge in [0.15, 0.2) is 5.69 Å². The fourth-order valence-electron chi connectivity index (χ4n) is 2.17. The molecule has 1 amide bonds. The largest absolute Gasteiger partial charge is 0.467 e. The van der Waals surface area contributed by atoms with E-state index in [4.69, 9.17) is 4.42 Å². The Morgan fingerprint density at radius 3 is 2.86 bits per heavy atom. The highest BCUT2D eigenvalue weighted by Crippen LogP contribution is 2.15. The van der Waals surface area contributed by atoms with Gasteiger partial charge in [0.1, 0.15) is 5.76 Å². The van der Waals surface area contributed by atoms with Crippen LogP contribution in [0.2, 0.25) is 0 Å². The maximum atomic E-state index is 12.4. The van der Waals surface area contributed by atoms with Crippen LogP contribution in [0.3, 0.4) is 0 Å². The standard InChI is InChI=1S/C16H15N3O2/c1-11-5-6-14-12(8-11)9-15(18-17-14)16(20)19(2)10-13-4-3-7-21-13/h3-9H,10H2,1-2H3. The van der Waals surface area contributed by atoms with Crippen molar-refractivity contribution >= 4 is 16.8 Å². The number of carbonyl (C=O) groups excluding carboxylic acids is 1. The monoisotopic (exact) mass is 281 g/mol. The first-order valence-electron chi connectivity index (χ1n) is 6.65. The van der Waals surface area contributed by atoms with Crippen molar-refractivity contribution in [2.75, 3.05) is 7.05 Å². The summed E-state index contributed by atoms with van der Waals surface area (Å²) in [5, 5.41) is 9.03. The fourth-order valence-corrected chi connectivity index (χ4v) is 2.17. The molecule has 106 valence electrons. The molecule has 21 heavy (non-hydrogen) atoms. The summed E-state index contributed by atoms with van der Waals surface area (Å²) >= 11 is 0. The van der Waals surface area contributed by atoms with Crippen molar-refractivity contribution < 1.29 is 9.21 Å². The van der Waals surface area contributed by atoms with Crippen LogP contribution in [0.15, 0.2) is 47.1 Å². The highest BCUT2D eigenvalue weighted by Gasteiger charge is 2.15. The zero-order valence-electron chi connectivity index (χ0n) is 11.9. The molecule has 2 heterocycles. The number of benzene rings is 1. The molecule has 0 radical (unpaired) electrons. The second-order valence-electron chi connectivity index (χ2n) is 5.03. The van der Waals surface area contributed by atoms with Crippen LogP contribution in [0.25, 0.3) is 10.9 Å². The van der Waals surface area contributed by atoms with Crippen molar-refractivity contribution in [2.45, 2.75) is 13.5 Å². The molecule has 5 nitrogen and oxygen atoms in total. The van der Waals surface area contributed by atoms with Gasteiger partial charge in [-0.15, -0.1) is 10.2 Å². The highest BCUT2D eigenvalue weighted by molar-refractivity contribution is 5.95. The smallest absolute Gasteiger partial charge is 0.274 e. The molecule has 1 aromatic carbocycles. The van der Waals surface area contributed by atoms with E-state index in [2.05, 4.69) is 10.2 Å². The van der Waals surface area contributed by atoms with Gasteiger partial charge in [0, 0.05) is 12.4 Å². The molecule has 0 N–H and O–H groups in total. The van der Waals surface area contributed by atoms with Crippen LogP contribution in [-0.2, 0) is 6.54 Å². The summed E-state index contributed by atoms with van der Waals surface area (Å²) in [5.41, 5.74) is 2.24. The van der Waals surface area contributed by atoms with E-state index in [0.29, 0.717) is 12.2 Å². The van der Waals surface area contributed by atoms with Gasteiger partial charge in [-0.1, -0.05) is 11.6 Å². The number of hydrogen-bond donors (Lipinski definition) is 0. The van der Waals surface area contributed by atoms with E-state index >= 15 is 0 Å². The summed E-state index contributed by atoms with van der Waals surface area (Å²) in [4.78, 5) is 13.9. The van der Waals surface area contributed by atoms with E-state index in [1.165, 1.54) is 0 Å². The van der Waals surface area contributed by atoms with E-state index in [1.807, 2.05) is 31.2 Å². The van der Waals surface area contributed by atoms with Gasteiger partial charge in [0.05, 0.1) is 18.3 Å². The molecule has 0 spiro atoms. The van der Waals surface area contributed by atoms with Gasteiger partial charge < -0.3 is 9.32 Å². The molecule has 0 fully saturated rings. The molecule has 3 aromatic rings. The zero-order chi connectivity index (χ0) is 14.8. The Hall–Kier alpha value is -2.69. The quantitative estimate of drug-likeness (QED) is 0.740. The third-order valence-electron chi connectivity index (χ3n) is 3.28. The lowest BCUT2D eigenvalue weighted by molar-refractivity contribution is 0.0768. The fraction of sp³-hybridized carbons (Fsp3) is 0.188. The molecular formula is C16H15N3O2. The van der Waals surface area contributed by atoms with Crippen LogP contribution < -0.4 is 0 Å². The predicted molar refractivity (Wildman–Crippen MR) is 78.8 cm³/mol. The van der Waals surface area contributed by atoms with E-state index in [0.717, 1.165) is 22.2 Å². The minimum Gasteiger partial charge on any atom is -0.467 e. The summed E-state index contributed by atoms with van der Waals surface area (Å²) in [7, 11) is 1.72. The lowest BCUT2D eigenvalue weighted by Crippen LogP contribution is -2.27. The van der Waals surface area contributed by atoms with E-state index in [1.54, 1.807) is 30.3 Å². The molecule has 0 saturated carbocycles. The van der Waals surface area contributed by atoms with Gasteiger partial charge >= 0.3 is 0 Å². The number of aryl methyl sites for hydroxylation is 1. The Morgan fingerprint density at radius 1 is 1.24 bits per heavy atom. The number of fused-ring (bicyclic) bond motifs is 1. The van der Waals surface area contributed by atoms with Crippen LogP contribution >= 0.6 is 0 Å². The predicted octanol–water partition coefficient (Wildman–Crippen LogP) is 2.80. The van der Waals surface area contributed by atoms with E-state index in [9.17, 15) is 4.79 Å². The van der Waals surface area contributed by atoms with Gasteiger partial charge in [0.25, 0.3) is 5.91 Å². The average molecular weight is 281 g/mol. The maximum absolute atomic E-state index is 12.4. The van der Waals surface area contributed by atoms with Crippen LogP contribution in [0.1, 0.15) is 21.8 Å². The minimum absolute atomic E-state index is 0.178. The molecule has 0 atom stereocenters. The van der Waals surface area contributed by atoms with Gasteiger partial charge in [-0.2, -0.15) is 0 Å². The number of carbonyl (C=O) groups is 1. The first kappa shape index (κ1) is 13.3. The highest BCUT2D eigenvalue weighted by atomic mass is 16.3. The molecular weight excluding hydrogens is 266 g/mol. The minimum atomic E-state index is -0.178. The maximum Gasteiger partial charge on any atom is 0.274 e. The zero-order valence-corrected chi connectivity index (χ0v) is 11.9. The van der Waals surface area contributed by atoms with E-state index < -0.39 is 0 Å². The molecule has 0 aliphatic heterocycles. The summed E-state index contributed by atoms with van der Waals surface area (Å²) in [6.07, 6.45) is 1.59. The summed E-state index contributed by atoms with van der Waals surface area (Å²) in [6, 6.07) is 11.3. The lowest BCUT2D eigenvalue weighted by Gasteiger charge is -2.15. The number of aromatic nitrogens is 2. The SMILES string of the molecule is Cc1ccc2nnc(C(=O)N(C)Cc3ccco3)cc2c1. The number of rotatable bonds is 3. The third-order valence-corrected chi connectivity index (χ3v) is 3.28. The van der Waals surface area contributed by atoms with Gasteiger partial charge in [-0.05, 0) is 37.3 Å². The topological polar surface area (TPSA) is 59.2 Å². The number of nitrogens with zero attached hydrogens (tertiary/aromatic N) is 3.